The standard InChI is InChI=1S/C20H26N2O5/c1-13(2)17(23)21-10-8-20(9-11-21)22(16(12-27-20)19(25)26)18(24)15-7-5-4-6-14(15)3/h4-7,13,16H,8-12H2,1-3H3,(H,25,26)/p-1/t16-/m0/s1. The fourth-order valence-electron chi connectivity index (χ4n) is 3.93. The number of hydrogen-bond acceptors (Lipinski definition) is 5. The van der Waals surface area contributed by atoms with Gasteiger partial charge in [-0.25, -0.2) is 0 Å². The van der Waals surface area contributed by atoms with Crippen molar-refractivity contribution in [3.05, 3.63) is 35.4 Å². The molecule has 7 heteroatoms. The number of carboxylic acid groups (broad SMARTS) is 1. The number of benzene rings is 1. The average molecular weight is 373 g/mol. The molecule has 1 aromatic carbocycles. The second kappa shape index (κ2) is 7.31. The van der Waals surface area contributed by atoms with Crippen LogP contribution in [-0.4, -0.2) is 59.0 Å². The van der Waals surface area contributed by atoms with E-state index >= 15 is 0 Å². The van der Waals surface area contributed by atoms with E-state index in [1.54, 1.807) is 17.0 Å². The summed E-state index contributed by atoms with van der Waals surface area (Å²) in [5.74, 6) is -1.75. The summed E-state index contributed by atoms with van der Waals surface area (Å²) < 4.78 is 5.89. The molecule has 1 atom stereocenters. The van der Waals surface area contributed by atoms with Crippen molar-refractivity contribution >= 4 is 17.8 Å². The summed E-state index contributed by atoms with van der Waals surface area (Å²) in [7, 11) is 0. The Labute approximate surface area is 158 Å². The Bertz CT molecular complexity index is 752. The molecule has 146 valence electrons. The van der Waals surface area contributed by atoms with E-state index in [1.165, 1.54) is 4.90 Å². The lowest BCUT2D eigenvalue weighted by Gasteiger charge is -2.45. The van der Waals surface area contributed by atoms with Crippen molar-refractivity contribution < 1.29 is 24.2 Å². The molecule has 0 aromatic heterocycles. The van der Waals surface area contributed by atoms with Gasteiger partial charge < -0.3 is 19.5 Å². The van der Waals surface area contributed by atoms with Crippen LogP contribution in [0.5, 0.6) is 0 Å². The van der Waals surface area contributed by atoms with Gasteiger partial charge in [0.1, 0.15) is 5.72 Å². The van der Waals surface area contributed by atoms with E-state index in [9.17, 15) is 19.5 Å². The molecule has 2 aliphatic rings. The summed E-state index contributed by atoms with van der Waals surface area (Å²) in [4.78, 5) is 40.3. The summed E-state index contributed by atoms with van der Waals surface area (Å²) in [6.45, 7) is 6.26. The van der Waals surface area contributed by atoms with Crippen LogP contribution in [0.25, 0.3) is 0 Å². The highest BCUT2D eigenvalue weighted by Gasteiger charge is 2.52. The first-order chi connectivity index (χ1) is 12.8. The van der Waals surface area contributed by atoms with Crippen LogP contribution in [0.4, 0.5) is 0 Å². The van der Waals surface area contributed by atoms with Gasteiger partial charge in [0.05, 0.1) is 18.6 Å². The second-order valence-corrected chi connectivity index (χ2v) is 7.56. The van der Waals surface area contributed by atoms with Gasteiger partial charge in [-0.05, 0) is 18.6 Å². The highest BCUT2D eigenvalue weighted by Crippen LogP contribution is 2.38. The van der Waals surface area contributed by atoms with Crippen LogP contribution >= 0.6 is 0 Å². The predicted molar refractivity (Wildman–Crippen MR) is 95.5 cm³/mol. The molecular formula is C20H25N2O5-. The van der Waals surface area contributed by atoms with Crippen molar-refractivity contribution in [1.29, 1.82) is 0 Å². The predicted octanol–water partition coefficient (Wildman–Crippen LogP) is 0.561. The number of aliphatic carboxylic acids is 1. The largest absolute Gasteiger partial charge is 0.548 e. The van der Waals surface area contributed by atoms with Crippen LogP contribution in [0.2, 0.25) is 0 Å². The number of aryl methyl sites for hydroxylation is 1. The molecule has 2 amide bonds. The van der Waals surface area contributed by atoms with Crippen molar-refractivity contribution in [2.24, 2.45) is 5.92 Å². The molecule has 7 nitrogen and oxygen atoms in total. The van der Waals surface area contributed by atoms with E-state index in [1.807, 2.05) is 32.9 Å². The Balaban J connectivity index is 1.89. The summed E-state index contributed by atoms with van der Waals surface area (Å²) in [6.07, 6.45) is 0.764. The smallest absolute Gasteiger partial charge is 0.257 e. The molecule has 0 N–H and O–H groups in total. The first kappa shape index (κ1) is 19.4. The lowest BCUT2D eigenvalue weighted by atomic mass is 9.95. The van der Waals surface area contributed by atoms with Gasteiger partial charge in [-0.3, -0.25) is 14.5 Å². The van der Waals surface area contributed by atoms with E-state index in [-0.39, 0.29) is 24.3 Å². The maximum atomic E-state index is 13.3. The second-order valence-electron chi connectivity index (χ2n) is 7.56. The summed E-state index contributed by atoms with van der Waals surface area (Å²) in [5.41, 5.74) is 0.209. The molecule has 0 radical (unpaired) electrons. The molecule has 0 bridgehead atoms. The summed E-state index contributed by atoms with van der Waals surface area (Å²) in [5, 5.41) is 11.7. The minimum Gasteiger partial charge on any atom is -0.548 e. The van der Waals surface area contributed by atoms with Gasteiger partial charge in [0.25, 0.3) is 5.91 Å². The van der Waals surface area contributed by atoms with Crippen molar-refractivity contribution in [1.82, 2.24) is 9.80 Å². The van der Waals surface area contributed by atoms with Crippen LogP contribution in [0, 0.1) is 12.8 Å². The van der Waals surface area contributed by atoms with Crippen molar-refractivity contribution in [2.75, 3.05) is 19.7 Å². The highest BCUT2D eigenvalue weighted by atomic mass is 16.5. The van der Waals surface area contributed by atoms with E-state index < -0.39 is 17.7 Å². The number of piperidine rings is 1. The number of hydrogen-bond donors (Lipinski definition) is 0. The van der Waals surface area contributed by atoms with E-state index in [2.05, 4.69) is 0 Å². The Morgan fingerprint density at radius 1 is 1.19 bits per heavy atom. The van der Waals surface area contributed by atoms with Crippen LogP contribution in [0.15, 0.2) is 24.3 Å². The van der Waals surface area contributed by atoms with E-state index in [0.717, 1.165) is 5.56 Å². The van der Waals surface area contributed by atoms with Gasteiger partial charge in [0.2, 0.25) is 5.91 Å². The van der Waals surface area contributed by atoms with Gasteiger partial charge in [-0.2, -0.15) is 0 Å². The Hall–Kier alpha value is -2.41. The van der Waals surface area contributed by atoms with Crippen LogP contribution < -0.4 is 5.11 Å². The number of ether oxygens (including phenoxy) is 1. The van der Waals surface area contributed by atoms with Gasteiger partial charge in [-0.1, -0.05) is 32.0 Å². The highest BCUT2D eigenvalue weighted by molar-refractivity contribution is 5.98. The molecule has 27 heavy (non-hydrogen) atoms. The van der Waals surface area contributed by atoms with Gasteiger partial charge >= 0.3 is 0 Å². The quantitative estimate of drug-likeness (QED) is 0.772. The Morgan fingerprint density at radius 2 is 1.81 bits per heavy atom. The molecule has 0 unspecified atom stereocenters. The lowest BCUT2D eigenvalue weighted by Crippen LogP contribution is -2.60. The minimum absolute atomic E-state index is 0.0519. The number of rotatable bonds is 3. The Kier molecular flexibility index (Phi) is 5.24. The number of likely N-dealkylation sites (tertiary alicyclic amines) is 1. The van der Waals surface area contributed by atoms with E-state index in [4.69, 9.17) is 4.74 Å². The zero-order chi connectivity index (χ0) is 19.8. The Morgan fingerprint density at radius 3 is 2.37 bits per heavy atom. The first-order valence-corrected chi connectivity index (χ1v) is 9.30. The van der Waals surface area contributed by atoms with Gasteiger partial charge in [-0.15, -0.1) is 0 Å². The molecule has 1 spiro atoms. The molecule has 3 rings (SSSR count). The monoisotopic (exact) mass is 373 g/mol. The van der Waals surface area contributed by atoms with Gasteiger partial charge in [0, 0.05) is 37.4 Å². The topological polar surface area (TPSA) is 90.0 Å². The maximum absolute atomic E-state index is 13.3. The third-order valence-electron chi connectivity index (χ3n) is 5.48. The van der Waals surface area contributed by atoms with Crippen LogP contribution in [-0.2, 0) is 14.3 Å². The fourth-order valence-corrected chi connectivity index (χ4v) is 3.93. The molecule has 2 aliphatic heterocycles. The number of amides is 2. The first-order valence-electron chi connectivity index (χ1n) is 9.30. The van der Waals surface area contributed by atoms with E-state index in [0.29, 0.717) is 31.5 Å². The van der Waals surface area contributed by atoms with Gasteiger partial charge in [0.15, 0.2) is 0 Å². The molecule has 0 aliphatic carbocycles. The lowest BCUT2D eigenvalue weighted by molar-refractivity contribution is -0.310. The summed E-state index contributed by atoms with van der Waals surface area (Å²) >= 11 is 0. The van der Waals surface area contributed by atoms with Crippen LogP contribution in [0.1, 0.15) is 42.6 Å². The molecule has 2 fully saturated rings. The number of nitrogens with zero attached hydrogens (tertiary/aromatic N) is 2. The third-order valence-corrected chi connectivity index (χ3v) is 5.48. The van der Waals surface area contributed by atoms with Crippen molar-refractivity contribution in [3.8, 4) is 0 Å². The molecule has 2 heterocycles. The summed E-state index contributed by atoms with van der Waals surface area (Å²) in [6, 6.07) is 5.95. The molecular weight excluding hydrogens is 348 g/mol. The van der Waals surface area contributed by atoms with Crippen molar-refractivity contribution in [2.45, 2.75) is 45.4 Å². The van der Waals surface area contributed by atoms with Crippen molar-refractivity contribution in [3.63, 3.8) is 0 Å². The minimum atomic E-state index is -1.32. The molecule has 1 aromatic rings. The SMILES string of the molecule is Cc1ccccc1C(=O)N1[C@H](C(=O)[O-])COC12CCN(C(=O)C(C)C)CC2. The number of carboxylic acids is 1. The maximum Gasteiger partial charge on any atom is 0.257 e. The molecule has 2 saturated heterocycles. The zero-order valence-electron chi connectivity index (χ0n) is 15.9. The zero-order valence-corrected chi connectivity index (χ0v) is 15.9. The third kappa shape index (κ3) is 3.43. The molecule has 0 saturated carbocycles. The fraction of sp³-hybridized carbons (Fsp3) is 0.550. The number of carbonyl (C=O) groups excluding carboxylic acids is 3. The van der Waals surface area contributed by atoms with Crippen LogP contribution in [0.3, 0.4) is 0 Å². The number of carbonyl (C=O) groups is 3. The normalized spacial score (nSPS) is 21.7. The average Bonchev–Trinajstić information content (AvgIpc) is 3.00.